The number of sulfonamides is 1. The number of rotatable bonds is 4. The lowest BCUT2D eigenvalue weighted by molar-refractivity contribution is 0.102. The number of aromatic nitrogens is 1. The number of hydrogen-bond donors (Lipinski definition) is 1. The molecule has 0 aliphatic carbocycles. The molecule has 1 saturated heterocycles. The van der Waals surface area contributed by atoms with Crippen LogP contribution in [0, 0.1) is 0 Å². The SMILES string of the molecule is O=C(Nc1ccc(Cl)c(-c2ccc3ccccc3n2)c1)c1ccc(N2CCCCS2(=O)=O)cc1Cl. The first-order valence-electron chi connectivity index (χ1n) is 11.1. The van der Waals surface area contributed by atoms with E-state index in [0.717, 1.165) is 17.3 Å². The van der Waals surface area contributed by atoms with E-state index in [0.29, 0.717) is 40.6 Å². The number of pyridine rings is 1. The molecule has 9 heteroatoms. The molecule has 4 aromatic rings. The maximum atomic E-state index is 13.0. The van der Waals surface area contributed by atoms with Crippen LogP contribution in [0.15, 0.2) is 72.8 Å². The largest absolute Gasteiger partial charge is 0.322 e. The summed E-state index contributed by atoms with van der Waals surface area (Å²) < 4.78 is 26.1. The van der Waals surface area contributed by atoms with Crippen molar-refractivity contribution in [2.45, 2.75) is 12.8 Å². The highest BCUT2D eigenvalue weighted by molar-refractivity contribution is 7.92. The summed E-state index contributed by atoms with van der Waals surface area (Å²) in [6.07, 6.45) is 1.43. The predicted octanol–water partition coefficient (Wildman–Crippen LogP) is 6.39. The van der Waals surface area contributed by atoms with Gasteiger partial charge in [0.25, 0.3) is 5.91 Å². The van der Waals surface area contributed by atoms with Crippen molar-refractivity contribution in [3.05, 3.63) is 88.4 Å². The number of para-hydroxylation sites is 1. The molecule has 1 aromatic heterocycles. The molecule has 2 heterocycles. The van der Waals surface area contributed by atoms with Gasteiger partial charge in [-0.1, -0.05) is 47.5 Å². The summed E-state index contributed by atoms with van der Waals surface area (Å²) in [5.74, 6) is -0.305. The molecule has 6 nitrogen and oxygen atoms in total. The first-order chi connectivity index (χ1) is 16.8. The Bertz CT molecular complexity index is 1560. The molecule has 1 N–H and O–H groups in total. The Morgan fingerprint density at radius 2 is 1.74 bits per heavy atom. The lowest BCUT2D eigenvalue weighted by Crippen LogP contribution is -2.37. The molecule has 0 saturated carbocycles. The van der Waals surface area contributed by atoms with E-state index in [1.807, 2.05) is 36.4 Å². The van der Waals surface area contributed by atoms with Crippen LogP contribution >= 0.6 is 23.2 Å². The van der Waals surface area contributed by atoms with Gasteiger partial charge >= 0.3 is 0 Å². The Labute approximate surface area is 213 Å². The normalized spacial score (nSPS) is 15.2. The third-order valence-corrected chi connectivity index (χ3v) is 8.44. The van der Waals surface area contributed by atoms with E-state index in [1.54, 1.807) is 30.3 Å². The summed E-state index contributed by atoms with van der Waals surface area (Å²) in [6.45, 7) is 0.403. The third kappa shape index (κ3) is 4.85. The molecule has 0 spiro atoms. The summed E-state index contributed by atoms with van der Waals surface area (Å²) in [7, 11) is -3.37. The van der Waals surface area contributed by atoms with Gasteiger partial charge in [0.15, 0.2) is 0 Å². The summed E-state index contributed by atoms with van der Waals surface area (Å²) in [5.41, 5.74) is 3.45. The molecule has 35 heavy (non-hydrogen) atoms. The second-order valence-electron chi connectivity index (χ2n) is 8.30. The Morgan fingerprint density at radius 1 is 0.914 bits per heavy atom. The van der Waals surface area contributed by atoms with E-state index >= 15 is 0 Å². The summed E-state index contributed by atoms with van der Waals surface area (Å²) in [4.78, 5) is 17.7. The Balaban J connectivity index is 1.40. The lowest BCUT2D eigenvalue weighted by Gasteiger charge is -2.28. The van der Waals surface area contributed by atoms with Crippen molar-refractivity contribution in [1.29, 1.82) is 0 Å². The molecule has 0 unspecified atom stereocenters. The molecule has 1 aliphatic heterocycles. The fourth-order valence-corrected chi connectivity index (χ4v) is 6.24. The quantitative estimate of drug-likeness (QED) is 0.334. The number of anilines is 2. The van der Waals surface area contributed by atoms with Crippen LogP contribution in [0.3, 0.4) is 0 Å². The van der Waals surface area contributed by atoms with Crippen LogP contribution in [-0.2, 0) is 10.0 Å². The summed E-state index contributed by atoms with van der Waals surface area (Å²) >= 11 is 12.8. The molecule has 1 aliphatic rings. The first-order valence-corrected chi connectivity index (χ1v) is 13.5. The molecule has 0 atom stereocenters. The number of nitrogens with zero attached hydrogens (tertiary/aromatic N) is 2. The van der Waals surface area contributed by atoms with E-state index in [9.17, 15) is 13.2 Å². The van der Waals surface area contributed by atoms with Gasteiger partial charge in [-0.2, -0.15) is 0 Å². The zero-order chi connectivity index (χ0) is 24.6. The zero-order valence-electron chi connectivity index (χ0n) is 18.5. The summed E-state index contributed by atoms with van der Waals surface area (Å²) in [5, 5.41) is 4.55. The number of nitrogens with one attached hydrogen (secondary N) is 1. The predicted molar refractivity (Wildman–Crippen MR) is 142 cm³/mol. The second-order valence-corrected chi connectivity index (χ2v) is 11.1. The molecule has 178 valence electrons. The average Bonchev–Trinajstić information content (AvgIpc) is 2.84. The van der Waals surface area contributed by atoms with Gasteiger partial charge in [-0.3, -0.25) is 9.10 Å². The van der Waals surface area contributed by atoms with Crippen molar-refractivity contribution in [3.63, 3.8) is 0 Å². The van der Waals surface area contributed by atoms with Gasteiger partial charge < -0.3 is 5.32 Å². The highest BCUT2D eigenvalue weighted by Gasteiger charge is 2.27. The number of hydrogen-bond acceptors (Lipinski definition) is 4. The van der Waals surface area contributed by atoms with Crippen LogP contribution < -0.4 is 9.62 Å². The maximum absolute atomic E-state index is 13.0. The molecule has 0 bridgehead atoms. The average molecular weight is 526 g/mol. The lowest BCUT2D eigenvalue weighted by atomic mass is 10.1. The van der Waals surface area contributed by atoms with E-state index in [2.05, 4.69) is 5.32 Å². The molecular formula is C26H21Cl2N3O3S. The molecule has 3 aromatic carbocycles. The van der Waals surface area contributed by atoms with Crippen LogP contribution in [0.25, 0.3) is 22.2 Å². The number of halogens is 2. The van der Waals surface area contributed by atoms with Crippen LogP contribution in [0.1, 0.15) is 23.2 Å². The van der Waals surface area contributed by atoms with Gasteiger partial charge in [0, 0.05) is 23.2 Å². The fraction of sp³-hybridized carbons (Fsp3) is 0.154. The van der Waals surface area contributed by atoms with Gasteiger partial charge in [-0.15, -0.1) is 0 Å². The Kier molecular flexibility index (Phi) is 6.40. The van der Waals surface area contributed by atoms with Crippen molar-refractivity contribution >= 4 is 61.4 Å². The Morgan fingerprint density at radius 3 is 2.54 bits per heavy atom. The van der Waals surface area contributed by atoms with Gasteiger partial charge in [-0.25, -0.2) is 13.4 Å². The zero-order valence-corrected chi connectivity index (χ0v) is 20.9. The molecular weight excluding hydrogens is 505 g/mol. The van der Waals surface area contributed by atoms with Crippen molar-refractivity contribution in [2.24, 2.45) is 0 Å². The first kappa shape index (κ1) is 23.6. The smallest absolute Gasteiger partial charge is 0.257 e. The Hall–Kier alpha value is -3.13. The van der Waals surface area contributed by atoms with E-state index in [1.165, 1.54) is 10.4 Å². The minimum Gasteiger partial charge on any atom is -0.322 e. The van der Waals surface area contributed by atoms with Crippen LogP contribution in [0.5, 0.6) is 0 Å². The van der Waals surface area contributed by atoms with Gasteiger partial charge in [0.2, 0.25) is 10.0 Å². The van der Waals surface area contributed by atoms with Crippen LogP contribution in [0.2, 0.25) is 10.0 Å². The van der Waals surface area contributed by atoms with Crippen molar-refractivity contribution < 1.29 is 13.2 Å². The number of carbonyl (C=O) groups is 1. The molecule has 0 radical (unpaired) electrons. The maximum Gasteiger partial charge on any atom is 0.257 e. The van der Waals surface area contributed by atoms with E-state index in [4.69, 9.17) is 28.2 Å². The fourth-order valence-electron chi connectivity index (χ4n) is 4.14. The minimum atomic E-state index is -3.37. The standard InChI is InChI=1S/C26H21Cl2N3O3S/c27-22-11-8-18(15-21(22)25-12-7-17-5-1-2-6-24(17)30-25)29-26(32)20-10-9-19(16-23(20)28)31-13-3-4-14-35(31,33)34/h1-2,5-12,15-16H,3-4,13-14H2,(H,29,32). The summed E-state index contributed by atoms with van der Waals surface area (Å²) in [6, 6.07) is 21.5. The number of carbonyl (C=O) groups excluding carboxylic acids is 1. The van der Waals surface area contributed by atoms with Crippen molar-refractivity contribution in [3.8, 4) is 11.3 Å². The third-order valence-electron chi connectivity index (χ3n) is 5.93. The van der Waals surface area contributed by atoms with Gasteiger partial charge in [-0.05, 0) is 61.4 Å². The molecule has 1 fully saturated rings. The highest BCUT2D eigenvalue weighted by Crippen LogP contribution is 2.32. The van der Waals surface area contributed by atoms with Crippen molar-refractivity contribution in [2.75, 3.05) is 21.9 Å². The van der Waals surface area contributed by atoms with E-state index in [-0.39, 0.29) is 16.3 Å². The number of benzene rings is 3. The number of fused-ring (bicyclic) bond motifs is 1. The van der Waals surface area contributed by atoms with Crippen LogP contribution in [0.4, 0.5) is 11.4 Å². The van der Waals surface area contributed by atoms with Crippen molar-refractivity contribution in [1.82, 2.24) is 4.98 Å². The molecule has 1 amide bonds. The van der Waals surface area contributed by atoms with Gasteiger partial charge in [0.05, 0.1) is 38.3 Å². The second kappa shape index (κ2) is 9.49. The van der Waals surface area contributed by atoms with Gasteiger partial charge in [0.1, 0.15) is 0 Å². The van der Waals surface area contributed by atoms with Crippen LogP contribution in [-0.4, -0.2) is 31.6 Å². The molecule has 5 rings (SSSR count). The number of amides is 1. The van der Waals surface area contributed by atoms with E-state index < -0.39 is 15.9 Å². The highest BCUT2D eigenvalue weighted by atomic mass is 35.5. The minimum absolute atomic E-state index is 0.109. The monoisotopic (exact) mass is 525 g/mol. The topological polar surface area (TPSA) is 79.4 Å².